The Morgan fingerprint density at radius 1 is 1.33 bits per heavy atom. The minimum absolute atomic E-state index is 0.197. The zero-order valence-electron chi connectivity index (χ0n) is 9.21. The van der Waals surface area contributed by atoms with Crippen molar-refractivity contribution in [3.8, 4) is 0 Å². The second-order valence-electron chi connectivity index (χ2n) is 4.37. The van der Waals surface area contributed by atoms with Crippen LogP contribution in [0.5, 0.6) is 0 Å². The van der Waals surface area contributed by atoms with E-state index in [-0.39, 0.29) is 5.91 Å². The minimum Gasteiger partial charge on any atom is -0.376 e. The minimum atomic E-state index is 0.197. The van der Waals surface area contributed by atoms with Gasteiger partial charge < -0.3 is 9.64 Å². The highest BCUT2D eigenvalue weighted by atomic mass is 16.5. The van der Waals surface area contributed by atoms with Crippen LogP contribution in [0.3, 0.4) is 0 Å². The lowest BCUT2D eigenvalue weighted by Crippen LogP contribution is -2.31. The van der Waals surface area contributed by atoms with E-state index in [4.69, 9.17) is 4.74 Å². The van der Waals surface area contributed by atoms with E-state index in [9.17, 15) is 4.79 Å². The van der Waals surface area contributed by atoms with Crippen LogP contribution in [0.15, 0.2) is 0 Å². The van der Waals surface area contributed by atoms with E-state index in [0.717, 1.165) is 6.54 Å². The average Bonchev–Trinajstić information content (AvgIpc) is 2.66. The summed E-state index contributed by atoms with van der Waals surface area (Å²) in [5.41, 5.74) is 0. The van der Waals surface area contributed by atoms with Gasteiger partial charge in [0.1, 0.15) is 0 Å². The molecule has 4 heteroatoms. The standard InChI is InChI=1S/C11H20N2O2/c14-11-8-12-9-13(11)6-7-15-10-4-2-1-3-5-10/h10,12H,1-9H2. The number of hydrogen-bond donors (Lipinski definition) is 1. The summed E-state index contributed by atoms with van der Waals surface area (Å²) in [6.45, 7) is 2.61. The Hall–Kier alpha value is -0.610. The third-order valence-corrected chi connectivity index (χ3v) is 3.20. The molecule has 1 aliphatic carbocycles. The molecule has 0 unspecified atom stereocenters. The van der Waals surface area contributed by atoms with E-state index in [0.29, 0.717) is 25.9 Å². The quantitative estimate of drug-likeness (QED) is 0.747. The third kappa shape index (κ3) is 3.18. The Morgan fingerprint density at radius 3 is 2.80 bits per heavy atom. The van der Waals surface area contributed by atoms with Crippen molar-refractivity contribution in [1.29, 1.82) is 0 Å². The van der Waals surface area contributed by atoms with Gasteiger partial charge in [0.25, 0.3) is 0 Å². The van der Waals surface area contributed by atoms with Crippen molar-refractivity contribution in [2.24, 2.45) is 0 Å². The number of ether oxygens (including phenoxy) is 1. The summed E-state index contributed by atoms with van der Waals surface area (Å²) in [6, 6.07) is 0. The van der Waals surface area contributed by atoms with E-state index in [1.54, 1.807) is 0 Å². The van der Waals surface area contributed by atoms with Crippen molar-refractivity contribution in [2.75, 3.05) is 26.4 Å². The number of nitrogens with zero attached hydrogens (tertiary/aromatic N) is 1. The van der Waals surface area contributed by atoms with Crippen LogP contribution in [0, 0.1) is 0 Å². The van der Waals surface area contributed by atoms with Gasteiger partial charge in [0.05, 0.1) is 25.9 Å². The molecule has 0 radical (unpaired) electrons. The van der Waals surface area contributed by atoms with Crippen molar-refractivity contribution in [3.63, 3.8) is 0 Å². The van der Waals surface area contributed by atoms with Gasteiger partial charge in [-0.1, -0.05) is 19.3 Å². The molecule has 1 saturated carbocycles. The lowest BCUT2D eigenvalue weighted by atomic mass is 9.98. The molecule has 0 aromatic heterocycles. The first-order chi connectivity index (χ1) is 7.36. The van der Waals surface area contributed by atoms with E-state index >= 15 is 0 Å². The maximum atomic E-state index is 11.3. The van der Waals surface area contributed by atoms with E-state index in [1.165, 1.54) is 32.1 Å². The number of amides is 1. The van der Waals surface area contributed by atoms with Crippen LogP contribution in [0.4, 0.5) is 0 Å². The Labute approximate surface area is 91.0 Å². The van der Waals surface area contributed by atoms with Crippen LogP contribution in [-0.4, -0.2) is 43.3 Å². The fourth-order valence-corrected chi connectivity index (χ4v) is 2.26. The van der Waals surface area contributed by atoms with E-state index < -0.39 is 0 Å². The molecule has 1 saturated heterocycles. The van der Waals surface area contributed by atoms with Gasteiger partial charge >= 0.3 is 0 Å². The van der Waals surface area contributed by atoms with Gasteiger partial charge in [0.2, 0.25) is 5.91 Å². The lowest BCUT2D eigenvalue weighted by Gasteiger charge is -2.23. The monoisotopic (exact) mass is 212 g/mol. The van der Waals surface area contributed by atoms with Crippen LogP contribution >= 0.6 is 0 Å². The molecule has 1 N–H and O–H groups in total. The number of carbonyl (C=O) groups excluding carboxylic acids is 1. The molecule has 4 nitrogen and oxygen atoms in total. The highest BCUT2D eigenvalue weighted by molar-refractivity contribution is 5.79. The maximum absolute atomic E-state index is 11.3. The molecule has 2 fully saturated rings. The Morgan fingerprint density at radius 2 is 2.13 bits per heavy atom. The molecule has 1 aliphatic heterocycles. The molecular weight excluding hydrogens is 192 g/mol. The molecule has 0 aromatic rings. The van der Waals surface area contributed by atoms with E-state index in [2.05, 4.69) is 5.32 Å². The van der Waals surface area contributed by atoms with Gasteiger partial charge in [-0.15, -0.1) is 0 Å². The van der Waals surface area contributed by atoms with Crippen molar-refractivity contribution >= 4 is 5.91 Å². The molecule has 86 valence electrons. The molecule has 15 heavy (non-hydrogen) atoms. The Bertz CT molecular complexity index is 215. The predicted octanol–water partition coefficient (Wildman–Crippen LogP) is 0.725. The summed E-state index contributed by atoms with van der Waals surface area (Å²) in [5, 5.41) is 3.03. The van der Waals surface area contributed by atoms with Crippen molar-refractivity contribution in [1.82, 2.24) is 10.2 Å². The molecule has 0 atom stereocenters. The second kappa shape index (κ2) is 5.47. The van der Waals surface area contributed by atoms with Crippen molar-refractivity contribution < 1.29 is 9.53 Å². The van der Waals surface area contributed by atoms with Crippen LogP contribution in [0.25, 0.3) is 0 Å². The second-order valence-corrected chi connectivity index (χ2v) is 4.37. The molecular formula is C11H20N2O2. The number of hydrogen-bond acceptors (Lipinski definition) is 3. The highest BCUT2D eigenvalue weighted by Crippen LogP contribution is 2.20. The summed E-state index contributed by atoms with van der Waals surface area (Å²) < 4.78 is 5.77. The smallest absolute Gasteiger partial charge is 0.237 e. The molecule has 2 rings (SSSR count). The first kappa shape index (κ1) is 10.9. The first-order valence-electron chi connectivity index (χ1n) is 5.96. The Balaban J connectivity index is 1.59. The molecule has 1 heterocycles. The lowest BCUT2D eigenvalue weighted by molar-refractivity contribution is -0.127. The number of nitrogens with one attached hydrogen (secondary N) is 1. The molecule has 2 aliphatic rings. The number of carbonyl (C=O) groups is 1. The van der Waals surface area contributed by atoms with Crippen molar-refractivity contribution in [2.45, 2.75) is 38.2 Å². The molecule has 0 bridgehead atoms. The molecule has 0 spiro atoms. The van der Waals surface area contributed by atoms with Gasteiger partial charge in [0.15, 0.2) is 0 Å². The maximum Gasteiger partial charge on any atom is 0.237 e. The topological polar surface area (TPSA) is 41.6 Å². The van der Waals surface area contributed by atoms with Crippen LogP contribution in [0.1, 0.15) is 32.1 Å². The Kier molecular flexibility index (Phi) is 3.97. The summed E-state index contributed by atoms with van der Waals surface area (Å²) in [5.74, 6) is 0.197. The third-order valence-electron chi connectivity index (χ3n) is 3.20. The highest BCUT2D eigenvalue weighted by Gasteiger charge is 2.19. The normalized spacial score (nSPS) is 23.7. The predicted molar refractivity (Wildman–Crippen MR) is 57.4 cm³/mol. The van der Waals surface area contributed by atoms with Gasteiger partial charge in [-0.3, -0.25) is 10.1 Å². The zero-order valence-corrected chi connectivity index (χ0v) is 9.21. The van der Waals surface area contributed by atoms with E-state index in [1.807, 2.05) is 4.90 Å². The van der Waals surface area contributed by atoms with Gasteiger partial charge in [-0.05, 0) is 12.8 Å². The summed E-state index contributed by atoms with van der Waals surface area (Å²) >= 11 is 0. The summed E-state index contributed by atoms with van der Waals surface area (Å²) in [7, 11) is 0. The summed E-state index contributed by atoms with van der Waals surface area (Å²) in [4.78, 5) is 13.1. The number of rotatable bonds is 4. The zero-order chi connectivity index (χ0) is 10.5. The fraction of sp³-hybridized carbons (Fsp3) is 0.909. The molecule has 0 aromatic carbocycles. The average molecular weight is 212 g/mol. The summed E-state index contributed by atoms with van der Waals surface area (Å²) in [6.07, 6.45) is 6.81. The SMILES string of the molecule is O=C1CNCN1CCOC1CCCCC1. The van der Waals surface area contributed by atoms with Crippen LogP contribution < -0.4 is 5.32 Å². The van der Waals surface area contributed by atoms with Gasteiger partial charge in [-0.2, -0.15) is 0 Å². The van der Waals surface area contributed by atoms with Crippen LogP contribution in [-0.2, 0) is 9.53 Å². The van der Waals surface area contributed by atoms with Gasteiger partial charge in [-0.25, -0.2) is 0 Å². The van der Waals surface area contributed by atoms with Crippen LogP contribution in [0.2, 0.25) is 0 Å². The fourth-order valence-electron chi connectivity index (χ4n) is 2.26. The van der Waals surface area contributed by atoms with Crippen molar-refractivity contribution in [3.05, 3.63) is 0 Å². The van der Waals surface area contributed by atoms with Gasteiger partial charge in [0, 0.05) is 6.54 Å². The molecule has 1 amide bonds. The largest absolute Gasteiger partial charge is 0.376 e. The first-order valence-corrected chi connectivity index (χ1v) is 5.96.